The molecule has 2 unspecified atom stereocenters. The zero-order valence-electron chi connectivity index (χ0n) is 12.0. The topological polar surface area (TPSA) is 102 Å². The Morgan fingerprint density at radius 3 is 2.15 bits per heavy atom. The Kier molecular flexibility index (Phi) is 5.75. The van der Waals surface area contributed by atoms with Gasteiger partial charge in [0.15, 0.2) is 0 Å². The van der Waals surface area contributed by atoms with E-state index in [2.05, 4.69) is 15.5 Å². The van der Waals surface area contributed by atoms with Crippen LogP contribution in [0.2, 0.25) is 0 Å². The summed E-state index contributed by atoms with van der Waals surface area (Å²) in [4.78, 5) is 37.4. The Morgan fingerprint density at radius 2 is 1.65 bits per heavy atom. The molecule has 0 aromatic rings. The van der Waals surface area contributed by atoms with Crippen molar-refractivity contribution >= 4 is 17.9 Å². The van der Waals surface area contributed by atoms with E-state index in [9.17, 15) is 14.4 Å². The Labute approximate surface area is 118 Å². The van der Waals surface area contributed by atoms with Crippen molar-refractivity contribution in [2.75, 3.05) is 33.2 Å². The van der Waals surface area contributed by atoms with Crippen LogP contribution in [0.5, 0.6) is 0 Å². The van der Waals surface area contributed by atoms with Crippen LogP contribution < -0.4 is 10.6 Å². The zero-order chi connectivity index (χ0) is 15.3. The number of likely N-dealkylation sites (N-methyl/N-ethyl adjacent to an activating group) is 1. The van der Waals surface area contributed by atoms with Crippen molar-refractivity contribution in [2.24, 2.45) is 0 Å². The van der Waals surface area contributed by atoms with E-state index in [1.54, 1.807) is 4.90 Å². The first-order valence-corrected chi connectivity index (χ1v) is 6.54. The summed E-state index contributed by atoms with van der Waals surface area (Å²) in [5, 5.41) is 13.1. The minimum Gasteiger partial charge on any atom is -0.480 e. The van der Waals surface area contributed by atoms with Gasteiger partial charge in [0.05, 0.1) is 6.54 Å². The summed E-state index contributed by atoms with van der Waals surface area (Å²) in [5.74, 6) is -1.64. The Morgan fingerprint density at radius 1 is 1.10 bits per heavy atom. The highest BCUT2D eigenvalue weighted by atomic mass is 16.4. The molecule has 0 spiro atoms. The van der Waals surface area contributed by atoms with E-state index in [0.717, 1.165) is 0 Å². The number of amides is 3. The number of carbonyl (C=O) groups is 3. The highest BCUT2D eigenvalue weighted by Gasteiger charge is 2.29. The first-order chi connectivity index (χ1) is 9.31. The predicted octanol–water partition coefficient (Wildman–Crippen LogP) is -1.08. The van der Waals surface area contributed by atoms with Crippen LogP contribution in [0.4, 0.5) is 4.79 Å². The average molecular weight is 286 g/mol. The molecule has 3 amide bonds. The van der Waals surface area contributed by atoms with Gasteiger partial charge in [-0.25, -0.2) is 4.79 Å². The normalized spacial score (nSPS) is 23.2. The lowest BCUT2D eigenvalue weighted by Crippen LogP contribution is -2.58. The summed E-state index contributed by atoms with van der Waals surface area (Å²) in [7, 11) is 2.02. The second-order valence-electron chi connectivity index (χ2n) is 5.10. The smallest absolute Gasteiger partial charge is 0.322 e. The van der Waals surface area contributed by atoms with Gasteiger partial charge in [-0.05, 0) is 20.9 Å². The van der Waals surface area contributed by atoms with Gasteiger partial charge in [0.2, 0.25) is 5.91 Å². The summed E-state index contributed by atoms with van der Waals surface area (Å²) in [5.41, 5.74) is 0. The second kappa shape index (κ2) is 7.09. The summed E-state index contributed by atoms with van der Waals surface area (Å²) >= 11 is 0. The molecule has 0 aromatic carbocycles. The van der Waals surface area contributed by atoms with E-state index in [0.29, 0.717) is 13.1 Å². The molecule has 1 rings (SSSR count). The molecular formula is C12H22N4O4. The first-order valence-electron chi connectivity index (χ1n) is 6.54. The van der Waals surface area contributed by atoms with Crippen LogP contribution in [-0.4, -0.2) is 78.1 Å². The van der Waals surface area contributed by atoms with Gasteiger partial charge in [0.1, 0.15) is 6.54 Å². The Hall–Kier alpha value is -1.83. The van der Waals surface area contributed by atoms with Crippen LogP contribution >= 0.6 is 0 Å². The van der Waals surface area contributed by atoms with Gasteiger partial charge < -0.3 is 20.6 Å². The Bertz CT molecular complexity index is 376. The molecule has 114 valence electrons. The fraction of sp³-hybridized carbons (Fsp3) is 0.750. The maximum absolute atomic E-state index is 11.9. The van der Waals surface area contributed by atoms with Gasteiger partial charge in [0.25, 0.3) is 0 Å². The van der Waals surface area contributed by atoms with Crippen molar-refractivity contribution in [2.45, 2.75) is 25.9 Å². The van der Waals surface area contributed by atoms with Gasteiger partial charge in [0, 0.05) is 25.2 Å². The second-order valence-corrected chi connectivity index (χ2v) is 5.10. The number of urea groups is 1. The first kappa shape index (κ1) is 16.2. The SMILES string of the molecule is CC1CN(C(=O)NCC(=O)NCC(=O)O)CC(C)N1C. The Balaban J connectivity index is 2.36. The lowest BCUT2D eigenvalue weighted by Gasteiger charge is -2.42. The van der Waals surface area contributed by atoms with E-state index in [4.69, 9.17) is 5.11 Å². The molecule has 0 saturated carbocycles. The summed E-state index contributed by atoms with van der Waals surface area (Å²) < 4.78 is 0. The molecule has 0 aromatic heterocycles. The van der Waals surface area contributed by atoms with Crippen molar-refractivity contribution in [1.29, 1.82) is 0 Å². The van der Waals surface area contributed by atoms with Crippen LogP contribution in [0, 0.1) is 0 Å². The van der Waals surface area contributed by atoms with Crippen molar-refractivity contribution < 1.29 is 19.5 Å². The molecule has 2 atom stereocenters. The maximum atomic E-state index is 11.9. The van der Waals surface area contributed by atoms with Crippen LogP contribution in [0.3, 0.4) is 0 Å². The molecule has 0 radical (unpaired) electrons. The quantitative estimate of drug-likeness (QED) is 0.610. The van der Waals surface area contributed by atoms with Gasteiger partial charge in [-0.2, -0.15) is 0 Å². The molecule has 0 bridgehead atoms. The van der Waals surface area contributed by atoms with E-state index < -0.39 is 18.4 Å². The van der Waals surface area contributed by atoms with Gasteiger partial charge in [-0.15, -0.1) is 0 Å². The summed E-state index contributed by atoms with van der Waals surface area (Å²) in [6, 6.07) is 0.206. The van der Waals surface area contributed by atoms with Crippen LogP contribution in [0.25, 0.3) is 0 Å². The van der Waals surface area contributed by atoms with Gasteiger partial charge >= 0.3 is 12.0 Å². The standard InChI is InChI=1S/C12H22N4O4/c1-8-6-16(7-9(2)15(8)3)12(20)14-4-10(17)13-5-11(18)19/h8-9H,4-7H2,1-3H3,(H,13,17)(H,14,20)(H,18,19). The highest BCUT2D eigenvalue weighted by molar-refractivity contribution is 5.86. The van der Waals surface area contributed by atoms with Crippen LogP contribution in [0.15, 0.2) is 0 Å². The fourth-order valence-corrected chi connectivity index (χ4v) is 2.07. The van der Waals surface area contributed by atoms with E-state index in [1.165, 1.54) is 0 Å². The number of piperazine rings is 1. The molecule has 3 N–H and O–H groups in total. The van der Waals surface area contributed by atoms with Crippen LogP contribution in [-0.2, 0) is 9.59 Å². The van der Waals surface area contributed by atoms with Crippen molar-refractivity contribution in [1.82, 2.24) is 20.4 Å². The number of carboxylic acid groups (broad SMARTS) is 1. The lowest BCUT2D eigenvalue weighted by molar-refractivity contribution is -0.137. The molecule has 8 nitrogen and oxygen atoms in total. The largest absolute Gasteiger partial charge is 0.480 e. The number of carboxylic acids is 1. The number of nitrogens with one attached hydrogen (secondary N) is 2. The minimum atomic E-state index is -1.12. The average Bonchev–Trinajstić information content (AvgIpc) is 2.39. The van der Waals surface area contributed by atoms with Gasteiger partial charge in [-0.3, -0.25) is 14.5 Å². The van der Waals surface area contributed by atoms with Crippen molar-refractivity contribution in [3.05, 3.63) is 0 Å². The summed E-state index contributed by atoms with van der Waals surface area (Å²) in [6.45, 7) is 4.61. The highest BCUT2D eigenvalue weighted by Crippen LogP contribution is 2.12. The van der Waals surface area contributed by atoms with E-state index >= 15 is 0 Å². The molecule has 1 fully saturated rings. The van der Waals surface area contributed by atoms with E-state index in [-0.39, 0.29) is 24.7 Å². The molecule has 1 saturated heterocycles. The van der Waals surface area contributed by atoms with Crippen molar-refractivity contribution in [3.8, 4) is 0 Å². The molecule has 1 aliphatic heterocycles. The molecular weight excluding hydrogens is 264 g/mol. The van der Waals surface area contributed by atoms with Gasteiger partial charge in [-0.1, -0.05) is 0 Å². The molecule has 0 aliphatic carbocycles. The maximum Gasteiger partial charge on any atom is 0.322 e. The molecule has 1 aliphatic rings. The minimum absolute atomic E-state index is 0.221. The summed E-state index contributed by atoms with van der Waals surface area (Å²) in [6.07, 6.45) is 0. The third-order valence-electron chi connectivity index (χ3n) is 3.48. The molecule has 1 heterocycles. The van der Waals surface area contributed by atoms with E-state index in [1.807, 2.05) is 20.9 Å². The monoisotopic (exact) mass is 286 g/mol. The van der Waals surface area contributed by atoms with Crippen molar-refractivity contribution in [3.63, 3.8) is 0 Å². The number of hydrogen-bond donors (Lipinski definition) is 3. The number of nitrogens with zero attached hydrogens (tertiary/aromatic N) is 2. The fourth-order valence-electron chi connectivity index (χ4n) is 2.07. The molecule has 8 heteroatoms. The predicted molar refractivity (Wildman–Crippen MR) is 72.3 cm³/mol. The third-order valence-corrected chi connectivity index (χ3v) is 3.48. The number of rotatable bonds is 4. The number of aliphatic carboxylic acids is 1. The lowest BCUT2D eigenvalue weighted by atomic mass is 10.1. The number of carbonyl (C=O) groups excluding carboxylic acids is 2. The zero-order valence-corrected chi connectivity index (χ0v) is 12.0. The number of hydrogen-bond acceptors (Lipinski definition) is 4. The molecule has 20 heavy (non-hydrogen) atoms. The third kappa shape index (κ3) is 4.69. The van der Waals surface area contributed by atoms with Crippen LogP contribution in [0.1, 0.15) is 13.8 Å².